The molecule has 0 atom stereocenters. The average molecular weight is 363 g/mol. The van der Waals surface area contributed by atoms with Gasteiger partial charge in [-0.3, -0.25) is 9.69 Å². The predicted octanol–water partition coefficient (Wildman–Crippen LogP) is 2.21. The molecule has 1 saturated heterocycles. The van der Waals surface area contributed by atoms with E-state index in [4.69, 9.17) is 0 Å². The minimum Gasteiger partial charge on any atom is -0.479 e. The van der Waals surface area contributed by atoms with Gasteiger partial charge in [0.2, 0.25) is 0 Å². The van der Waals surface area contributed by atoms with Crippen LogP contribution >= 0.6 is 0 Å². The number of likely N-dealkylation sites (N-methyl/N-ethyl adjacent to an activating group) is 1. The lowest BCUT2D eigenvalue weighted by Crippen LogP contribution is -2.56. The molecule has 2 fully saturated rings. The minimum atomic E-state index is -1.32. The smallest absolute Gasteiger partial charge is 0.329 e. The molecule has 26 heavy (non-hydrogen) atoms. The molecular formula is C18H22FN3O4. The number of urea groups is 1. The van der Waals surface area contributed by atoms with Gasteiger partial charge in [-0.15, -0.1) is 0 Å². The Morgan fingerprint density at radius 1 is 1.27 bits per heavy atom. The summed E-state index contributed by atoms with van der Waals surface area (Å²) in [6, 6.07) is 3.58. The van der Waals surface area contributed by atoms with Crippen LogP contribution in [0.4, 0.5) is 14.9 Å². The fraction of sp³-hybridized carbons (Fsp3) is 0.500. The van der Waals surface area contributed by atoms with Gasteiger partial charge in [0, 0.05) is 25.8 Å². The Morgan fingerprint density at radius 3 is 2.54 bits per heavy atom. The maximum Gasteiger partial charge on any atom is 0.329 e. The van der Waals surface area contributed by atoms with Gasteiger partial charge in [-0.2, -0.15) is 0 Å². The first kappa shape index (κ1) is 18.2. The molecular weight excluding hydrogens is 341 g/mol. The van der Waals surface area contributed by atoms with Crippen LogP contribution in [0.1, 0.15) is 42.5 Å². The van der Waals surface area contributed by atoms with Gasteiger partial charge in [-0.25, -0.2) is 14.0 Å². The van der Waals surface area contributed by atoms with Gasteiger partial charge in [-0.1, -0.05) is 19.3 Å². The van der Waals surface area contributed by atoms with E-state index in [-0.39, 0.29) is 11.6 Å². The van der Waals surface area contributed by atoms with Gasteiger partial charge < -0.3 is 15.3 Å². The zero-order valence-corrected chi connectivity index (χ0v) is 14.6. The number of hydrogen-bond acceptors (Lipinski definition) is 3. The maximum atomic E-state index is 14.3. The van der Waals surface area contributed by atoms with E-state index >= 15 is 0 Å². The molecule has 3 rings (SSSR count). The third kappa shape index (κ3) is 3.00. The number of nitrogens with zero attached hydrogens (tertiary/aromatic N) is 2. The molecule has 3 amide bonds. The number of carboxylic acids is 1. The van der Waals surface area contributed by atoms with E-state index < -0.39 is 23.2 Å². The van der Waals surface area contributed by atoms with Crippen LogP contribution in [0.2, 0.25) is 0 Å². The quantitative estimate of drug-likeness (QED) is 0.858. The Labute approximate surface area is 150 Å². The van der Waals surface area contributed by atoms with Crippen molar-refractivity contribution in [3.8, 4) is 0 Å². The van der Waals surface area contributed by atoms with Crippen molar-refractivity contribution in [2.24, 2.45) is 0 Å². The molecule has 140 valence electrons. The first-order valence-electron chi connectivity index (χ1n) is 8.73. The van der Waals surface area contributed by atoms with Crippen LogP contribution in [-0.2, 0) is 4.79 Å². The van der Waals surface area contributed by atoms with Crippen LogP contribution in [0.3, 0.4) is 0 Å². The van der Waals surface area contributed by atoms with E-state index in [1.165, 1.54) is 24.1 Å². The van der Waals surface area contributed by atoms with E-state index in [0.29, 0.717) is 44.5 Å². The standard InChI is InChI=1S/C18H22FN3O4/c1-21(18(16(24)25)7-3-2-4-8-18)15(23)13-11-12(5-6-14(13)19)22-10-9-20-17(22)26/h5-6,11H,2-4,7-10H2,1H3,(H,20,26)(H,24,25). The number of hydrogen-bond donors (Lipinski definition) is 2. The highest BCUT2D eigenvalue weighted by molar-refractivity contribution is 6.00. The Kier molecular flexibility index (Phi) is 4.84. The molecule has 0 radical (unpaired) electrons. The number of carbonyl (C=O) groups is 3. The lowest BCUT2D eigenvalue weighted by Gasteiger charge is -2.41. The summed E-state index contributed by atoms with van der Waals surface area (Å²) in [5, 5.41) is 12.4. The van der Waals surface area contributed by atoms with Crippen molar-refractivity contribution >= 4 is 23.6 Å². The lowest BCUT2D eigenvalue weighted by molar-refractivity contribution is -0.151. The van der Waals surface area contributed by atoms with Crippen LogP contribution in [0, 0.1) is 5.82 Å². The summed E-state index contributed by atoms with van der Waals surface area (Å²) in [4.78, 5) is 39.2. The summed E-state index contributed by atoms with van der Waals surface area (Å²) < 4.78 is 14.3. The maximum absolute atomic E-state index is 14.3. The summed E-state index contributed by atoms with van der Waals surface area (Å²) in [6.07, 6.45) is 3.03. The molecule has 2 aliphatic rings. The monoisotopic (exact) mass is 363 g/mol. The van der Waals surface area contributed by atoms with Crippen LogP contribution in [0.15, 0.2) is 18.2 Å². The highest BCUT2D eigenvalue weighted by atomic mass is 19.1. The number of carboxylic acid groups (broad SMARTS) is 1. The van der Waals surface area contributed by atoms with Crippen molar-refractivity contribution in [3.63, 3.8) is 0 Å². The zero-order valence-electron chi connectivity index (χ0n) is 14.6. The number of halogens is 1. The van der Waals surface area contributed by atoms with Crippen molar-refractivity contribution < 1.29 is 23.9 Å². The normalized spacial score (nSPS) is 19.2. The second-order valence-electron chi connectivity index (χ2n) is 6.81. The molecule has 8 heteroatoms. The molecule has 1 heterocycles. The SMILES string of the molecule is CN(C(=O)c1cc(N2CCNC2=O)ccc1F)C1(C(=O)O)CCCCC1. The molecule has 1 aromatic rings. The van der Waals surface area contributed by atoms with Crippen molar-refractivity contribution in [1.82, 2.24) is 10.2 Å². The van der Waals surface area contributed by atoms with Crippen molar-refractivity contribution in [2.75, 3.05) is 25.0 Å². The van der Waals surface area contributed by atoms with Gasteiger partial charge in [-0.05, 0) is 31.0 Å². The molecule has 0 unspecified atom stereocenters. The number of benzene rings is 1. The first-order valence-corrected chi connectivity index (χ1v) is 8.73. The lowest BCUT2D eigenvalue weighted by atomic mass is 9.80. The molecule has 1 aliphatic carbocycles. The van der Waals surface area contributed by atoms with Gasteiger partial charge in [0.1, 0.15) is 11.4 Å². The van der Waals surface area contributed by atoms with Crippen LogP contribution in [-0.4, -0.2) is 53.6 Å². The molecule has 2 N–H and O–H groups in total. The molecule has 7 nitrogen and oxygen atoms in total. The number of rotatable bonds is 4. The third-order valence-electron chi connectivity index (χ3n) is 5.37. The number of amides is 3. The number of nitrogens with one attached hydrogen (secondary N) is 1. The number of carbonyl (C=O) groups excluding carboxylic acids is 2. The van der Waals surface area contributed by atoms with Crippen molar-refractivity contribution in [1.29, 1.82) is 0 Å². The fourth-order valence-electron chi connectivity index (χ4n) is 3.77. The summed E-state index contributed by atoms with van der Waals surface area (Å²) in [5.41, 5.74) is -1.13. The van der Waals surface area contributed by atoms with Crippen LogP contribution in [0.25, 0.3) is 0 Å². The van der Waals surface area contributed by atoms with E-state index in [1.807, 2.05) is 0 Å². The van der Waals surface area contributed by atoms with Gasteiger partial charge in [0.05, 0.1) is 5.56 Å². The summed E-state index contributed by atoms with van der Waals surface area (Å²) >= 11 is 0. The number of anilines is 1. The van der Waals surface area contributed by atoms with E-state index in [0.717, 1.165) is 17.4 Å². The Bertz CT molecular complexity index is 746. The topological polar surface area (TPSA) is 90.0 Å². The molecule has 0 aromatic heterocycles. The summed E-state index contributed by atoms with van der Waals surface area (Å²) in [5.74, 6) is -2.49. The first-order chi connectivity index (χ1) is 12.4. The molecule has 1 aliphatic heterocycles. The highest BCUT2D eigenvalue weighted by Crippen LogP contribution is 2.35. The number of aliphatic carboxylic acids is 1. The van der Waals surface area contributed by atoms with Crippen LogP contribution in [0.5, 0.6) is 0 Å². The minimum absolute atomic E-state index is 0.226. The van der Waals surface area contributed by atoms with Crippen molar-refractivity contribution in [2.45, 2.75) is 37.6 Å². The second-order valence-corrected chi connectivity index (χ2v) is 6.81. The molecule has 0 bridgehead atoms. The van der Waals surface area contributed by atoms with Gasteiger partial charge >= 0.3 is 12.0 Å². The van der Waals surface area contributed by atoms with E-state index in [9.17, 15) is 23.9 Å². The Balaban J connectivity index is 1.93. The third-order valence-corrected chi connectivity index (χ3v) is 5.37. The molecule has 1 saturated carbocycles. The van der Waals surface area contributed by atoms with Gasteiger partial charge in [0.15, 0.2) is 0 Å². The summed E-state index contributed by atoms with van der Waals surface area (Å²) in [7, 11) is 1.41. The summed E-state index contributed by atoms with van der Waals surface area (Å²) in [6.45, 7) is 0.897. The molecule has 0 spiro atoms. The molecule has 1 aromatic carbocycles. The van der Waals surface area contributed by atoms with E-state index in [1.54, 1.807) is 0 Å². The largest absolute Gasteiger partial charge is 0.479 e. The van der Waals surface area contributed by atoms with Gasteiger partial charge in [0.25, 0.3) is 5.91 Å². The van der Waals surface area contributed by atoms with Crippen LogP contribution < -0.4 is 10.2 Å². The van der Waals surface area contributed by atoms with Crippen molar-refractivity contribution in [3.05, 3.63) is 29.6 Å². The Morgan fingerprint density at radius 2 is 1.96 bits per heavy atom. The predicted molar refractivity (Wildman–Crippen MR) is 92.7 cm³/mol. The highest BCUT2D eigenvalue weighted by Gasteiger charge is 2.46. The zero-order chi connectivity index (χ0) is 18.9. The van der Waals surface area contributed by atoms with E-state index in [2.05, 4.69) is 5.32 Å². The Hall–Kier alpha value is -2.64. The second kappa shape index (κ2) is 6.93. The fourth-order valence-corrected chi connectivity index (χ4v) is 3.77. The average Bonchev–Trinajstić information content (AvgIpc) is 3.07.